The van der Waals surface area contributed by atoms with E-state index < -0.39 is 12.1 Å². The topological polar surface area (TPSA) is 86.6 Å². The molecular weight excluding hydrogens is 377 g/mol. The van der Waals surface area contributed by atoms with E-state index >= 15 is 0 Å². The van der Waals surface area contributed by atoms with E-state index in [9.17, 15) is 14.0 Å². The molecule has 0 bridgehead atoms. The molecule has 1 aromatic carbocycles. The molecule has 0 spiro atoms. The number of carbonyl (C=O) groups is 2. The number of alkyl halides is 1. The van der Waals surface area contributed by atoms with E-state index in [1.807, 2.05) is 29.2 Å². The van der Waals surface area contributed by atoms with Crippen molar-refractivity contribution in [3.63, 3.8) is 0 Å². The third kappa shape index (κ3) is 4.38. The van der Waals surface area contributed by atoms with Crippen molar-refractivity contribution < 1.29 is 18.7 Å². The van der Waals surface area contributed by atoms with E-state index in [2.05, 4.69) is 15.3 Å². The predicted octanol–water partition coefficient (Wildman–Crippen LogP) is 1.61. The number of hydrogen-bond donors (Lipinski definition) is 1. The molecule has 1 atom stereocenters. The van der Waals surface area contributed by atoms with Gasteiger partial charge in [-0.2, -0.15) is 4.99 Å². The Bertz CT molecular complexity index is 842. The lowest BCUT2D eigenvalue weighted by molar-refractivity contribution is -0.120. The Morgan fingerprint density at radius 1 is 1.17 bits per heavy atom. The fourth-order valence-electron chi connectivity index (χ4n) is 3.44. The smallest absolute Gasteiger partial charge is 0.317 e. The molecule has 1 saturated heterocycles. The van der Waals surface area contributed by atoms with E-state index in [1.54, 1.807) is 12.0 Å². The summed E-state index contributed by atoms with van der Waals surface area (Å²) in [5.41, 5.74) is 1.30. The second kappa shape index (κ2) is 8.18. The minimum Gasteiger partial charge on any atom is -0.497 e. The molecule has 1 aromatic rings. The van der Waals surface area contributed by atoms with E-state index in [0.29, 0.717) is 38.4 Å². The molecule has 0 radical (unpaired) electrons. The monoisotopic (exact) mass is 401 g/mol. The molecule has 1 aliphatic carbocycles. The number of hydrogen-bond acceptors (Lipinski definition) is 5. The molecular formula is C20H24FN5O3. The minimum absolute atomic E-state index is 0.0736. The molecule has 2 fully saturated rings. The van der Waals surface area contributed by atoms with Crippen molar-refractivity contribution in [2.45, 2.75) is 25.6 Å². The number of aliphatic imine (C=N–C) groups is 2. The van der Waals surface area contributed by atoms with Gasteiger partial charge in [0.2, 0.25) is 12.1 Å². The van der Waals surface area contributed by atoms with Gasteiger partial charge in [-0.05, 0) is 30.5 Å². The number of halogens is 1. The van der Waals surface area contributed by atoms with E-state index in [1.165, 1.54) is 0 Å². The summed E-state index contributed by atoms with van der Waals surface area (Å²) in [7, 11) is 1.61. The fourth-order valence-corrected chi connectivity index (χ4v) is 3.44. The number of ether oxygens (including phenoxy) is 1. The first-order valence-corrected chi connectivity index (χ1v) is 9.81. The summed E-state index contributed by atoms with van der Waals surface area (Å²) in [4.78, 5) is 36.0. The van der Waals surface area contributed by atoms with Crippen molar-refractivity contribution >= 4 is 23.6 Å². The molecule has 0 aromatic heterocycles. The zero-order valence-corrected chi connectivity index (χ0v) is 16.3. The number of guanidine groups is 1. The van der Waals surface area contributed by atoms with Crippen molar-refractivity contribution in [2.75, 3.05) is 33.3 Å². The Morgan fingerprint density at radius 3 is 2.48 bits per heavy atom. The van der Waals surface area contributed by atoms with Crippen LogP contribution in [0.5, 0.6) is 5.75 Å². The molecule has 4 rings (SSSR count). The molecule has 3 aliphatic rings. The highest BCUT2D eigenvalue weighted by Crippen LogP contribution is 2.34. The van der Waals surface area contributed by atoms with Crippen LogP contribution in [-0.2, 0) is 11.3 Å². The van der Waals surface area contributed by atoms with Crippen LogP contribution in [0.15, 0.2) is 34.3 Å². The number of carbonyl (C=O) groups excluding carboxylic acids is 2. The summed E-state index contributed by atoms with van der Waals surface area (Å²) in [5.74, 6) is 0.358. The number of nitrogens with one attached hydrogen (secondary N) is 1. The van der Waals surface area contributed by atoms with Gasteiger partial charge in [-0.3, -0.25) is 4.79 Å². The van der Waals surface area contributed by atoms with Crippen LogP contribution < -0.4 is 10.1 Å². The van der Waals surface area contributed by atoms with Crippen molar-refractivity contribution in [2.24, 2.45) is 15.9 Å². The molecule has 154 valence electrons. The van der Waals surface area contributed by atoms with E-state index in [-0.39, 0.29) is 17.9 Å². The van der Waals surface area contributed by atoms with Crippen LogP contribution in [0.4, 0.5) is 9.18 Å². The minimum atomic E-state index is -1.70. The van der Waals surface area contributed by atoms with Gasteiger partial charge in [-0.25, -0.2) is 14.2 Å². The van der Waals surface area contributed by atoms with Crippen LogP contribution in [0.3, 0.4) is 0 Å². The Morgan fingerprint density at radius 2 is 1.86 bits per heavy atom. The Hall–Kier alpha value is -2.97. The highest BCUT2D eigenvalue weighted by atomic mass is 19.1. The average molecular weight is 401 g/mol. The highest BCUT2D eigenvalue weighted by molar-refractivity contribution is 6.18. The van der Waals surface area contributed by atoms with Gasteiger partial charge in [0, 0.05) is 38.6 Å². The summed E-state index contributed by atoms with van der Waals surface area (Å²) in [6.07, 6.45) is 0.0560. The molecule has 1 N–H and O–H groups in total. The van der Waals surface area contributed by atoms with Crippen molar-refractivity contribution in [3.8, 4) is 5.75 Å². The molecule has 2 aliphatic heterocycles. The molecule has 2 heterocycles. The maximum absolute atomic E-state index is 14.0. The fraction of sp³-hybridized carbons (Fsp3) is 0.500. The molecule has 1 saturated carbocycles. The number of benzene rings is 1. The average Bonchev–Trinajstić information content (AvgIpc) is 3.59. The first-order valence-electron chi connectivity index (χ1n) is 9.81. The standard InChI is InChI=1S/C20H24FN5O3/c1-29-15-6-2-13(3-7-15)12-22-20(28)26-10-8-25(9-11-26)19-23-17(14-4-5-14)16(21)18(27)24-19/h2-3,6-7,14,16H,4-5,8-12H2,1H3,(H,22,28). The summed E-state index contributed by atoms with van der Waals surface area (Å²) in [6.45, 7) is 2.39. The lowest BCUT2D eigenvalue weighted by Gasteiger charge is -2.36. The van der Waals surface area contributed by atoms with Crippen molar-refractivity contribution in [1.29, 1.82) is 0 Å². The van der Waals surface area contributed by atoms with Crippen LogP contribution in [0, 0.1) is 5.92 Å². The summed E-state index contributed by atoms with van der Waals surface area (Å²) in [5, 5.41) is 2.91. The molecule has 29 heavy (non-hydrogen) atoms. The molecule has 1 unspecified atom stereocenters. The van der Waals surface area contributed by atoms with Crippen LogP contribution in [-0.4, -0.2) is 72.9 Å². The van der Waals surface area contributed by atoms with Crippen LogP contribution >= 0.6 is 0 Å². The normalized spacial score (nSPS) is 22.1. The van der Waals surface area contributed by atoms with Crippen molar-refractivity contribution in [3.05, 3.63) is 29.8 Å². The molecule has 9 heteroatoms. The third-order valence-corrected chi connectivity index (χ3v) is 5.36. The van der Waals surface area contributed by atoms with Gasteiger partial charge in [0.15, 0.2) is 0 Å². The van der Waals surface area contributed by atoms with Crippen LogP contribution in [0.25, 0.3) is 0 Å². The van der Waals surface area contributed by atoms with Gasteiger partial charge < -0.3 is 19.9 Å². The summed E-state index contributed by atoms with van der Waals surface area (Å²) in [6, 6.07) is 7.37. The maximum Gasteiger partial charge on any atom is 0.317 e. The second-order valence-corrected chi connectivity index (χ2v) is 7.40. The summed E-state index contributed by atoms with van der Waals surface area (Å²) >= 11 is 0. The van der Waals surface area contributed by atoms with Crippen LogP contribution in [0.1, 0.15) is 18.4 Å². The maximum atomic E-state index is 14.0. The lowest BCUT2D eigenvalue weighted by atomic mass is 10.1. The lowest BCUT2D eigenvalue weighted by Crippen LogP contribution is -2.53. The predicted molar refractivity (Wildman–Crippen MR) is 106 cm³/mol. The first kappa shape index (κ1) is 19.4. The largest absolute Gasteiger partial charge is 0.497 e. The number of rotatable bonds is 4. The Labute approximate surface area is 168 Å². The number of amides is 3. The van der Waals surface area contributed by atoms with Gasteiger partial charge in [0.25, 0.3) is 5.91 Å². The molecule has 8 nitrogen and oxygen atoms in total. The number of urea groups is 1. The summed E-state index contributed by atoms with van der Waals surface area (Å²) < 4.78 is 19.2. The van der Waals surface area contributed by atoms with E-state index in [4.69, 9.17) is 4.74 Å². The Balaban J connectivity index is 1.29. The highest BCUT2D eigenvalue weighted by Gasteiger charge is 2.40. The zero-order chi connectivity index (χ0) is 20.4. The van der Waals surface area contributed by atoms with E-state index in [0.717, 1.165) is 24.2 Å². The van der Waals surface area contributed by atoms with Gasteiger partial charge in [-0.15, -0.1) is 0 Å². The first-order chi connectivity index (χ1) is 14.0. The van der Waals surface area contributed by atoms with Gasteiger partial charge in [0.1, 0.15) is 5.75 Å². The Kier molecular flexibility index (Phi) is 5.46. The number of nitrogens with zero attached hydrogens (tertiary/aromatic N) is 4. The quantitative estimate of drug-likeness (QED) is 0.831. The van der Waals surface area contributed by atoms with Gasteiger partial charge >= 0.3 is 6.03 Å². The third-order valence-electron chi connectivity index (χ3n) is 5.36. The SMILES string of the molecule is COc1ccc(CNC(=O)N2CCN(C3=NC(=O)C(F)C(C4CC4)=N3)CC2)cc1. The second-order valence-electron chi connectivity index (χ2n) is 7.40. The molecule has 3 amide bonds. The number of piperazine rings is 1. The van der Waals surface area contributed by atoms with Gasteiger partial charge in [-0.1, -0.05) is 12.1 Å². The number of methoxy groups -OCH3 is 1. The van der Waals surface area contributed by atoms with Crippen LogP contribution in [0.2, 0.25) is 0 Å². The van der Waals surface area contributed by atoms with Gasteiger partial charge in [0.05, 0.1) is 12.8 Å². The van der Waals surface area contributed by atoms with Crippen molar-refractivity contribution in [1.82, 2.24) is 15.1 Å². The zero-order valence-electron chi connectivity index (χ0n) is 16.3.